The van der Waals surface area contributed by atoms with Crippen molar-refractivity contribution < 1.29 is 9.15 Å². The van der Waals surface area contributed by atoms with E-state index in [9.17, 15) is 0 Å². The first-order valence-electron chi connectivity index (χ1n) is 8.09. The molecule has 0 bridgehead atoms. The van der Waals surface area contributed by atoms with Gasteiger partial charge in [0.1, 0.15) is 5.75 Å². The first-order chi connectivity index (χ1) is 12.8. The lowest BCUT2D eigenvalue weighted by Crippen LogP contribution is -1.96. The normalized spacial score (nSPS) is 11.0. The fraction of sp³-hybridized carbons (Fsp3) is 0.100. The SMILES string of the molecule is Clc1ccccc1CSc1nnc(COc2cccc3ccccc23)o1. The van der Waals surface area contributed by atoms with Gasteiger partial charge in [0.2, 0.25) is 0 Å². The molecule has 0 saturated heterocycles. The molecule has 1 heterocycles. The van der Waals surface area contributed by atoms with Gasteiger partial charge < -0.3 is 9.15 Å². The average molecular weight is 383 g/mol. The lowest BCUT2D eigenvalue weighted by atomic mass is 10.1. The van der Waals surface area contributed by atoms with Gasteiger partial charge in [-0.3, -0.25) is 0 Å². The summed E-state index contributed by atoms with van der Waals surface area (Å²) in [5, 5.41) is 11.5. The zero-order chi connectivity index (χ0) is 17.8. The standard InChI is InChI=1S/C20H15ClN2O2S/c21-17-10-4-2-7-15(17)13-26-20-23-22-19(25-20)12-24-18-11-5-8-14-6-1-3-9-16(14)18/h1-11H,12-13H2. The topological polar surface area (TPSA) is 48.2 Å². The number of halogens is 1. The third kappa shape index (κ3) is 3.84. The number of hydrogen-bond donors (Lipinski definition) is 0. The number of rotatable bonds is 6. The zero-order valence-electron chi connectivity index (χ0n) is 13.8. The summed E-state index contributed by atoms with van der Waals surface area (Å²) in [6.07, 6.45) is 0. The van der Waals surface area contributed by atoms with Crippen LogP contribution in [0.3, 0.4) is 0 Å². The molecule has 4 nitrogen and oxygen atoms in total. The molecule has 4 rings (SSSR count). The van der Waals surface area contributed by atoms with Crippen LogP contribution in [0.1, 0.15) is 11.5 Å². The molecular weight excluding hydrogens is 368 g/mol. The van der Waals surface area contributed by atoms with Crippen LogP contribution in [-0.2, 0) is 12.4 Å². The summed E-state index contributed by atoms with van der Waals surface area (Å²) in [6, 6.07) is 21.8. The van der Waals surface area contributed by atoms with Gasteiger partial charge in [-0.05, 0) is 23.1 Å². The third-order valence-electron chi connectivity index (χ3n) is 3.86. The monoisotopic (exact) mass is 382 g/mol. The smallest absolute Gasteiger partial charge is 0.277 e. The van der Waals surface area contributed by atoms with E-state index in [4.69, 9.17) is 20.8 Å². The predicted octanol–water partition coefficient (Wildman–Crippen LogP) is 5.75. The Balaban J connectivity index is 1.40. The first-order valence-corrected chi connectivity index (χ1v) is 9.45. The second-order valence-electron chi connectivity index (χ2n) is 5.61. The third-order valence-corrected chi connectivity index (χ3v) is 5.09. The van der Waals surface area contributed by atoms with Gasteiger partial charge >= 0.3 is 0 Å². The Labute approximate surface area is 160 Å². The molecule has 0 radical (unpaired) electrons. The molecule has 3 aromatic carbocycles. The van der Waals surface area contributed by atoms with Crippen molar-refractivity contribution in [3.8, 4) is 5.75 Å². The molecule has 0 aliphatic carbocycles. The first kappa shape index (κ1) is 16.9. The lowest BCUT2D eigenvalue weighted by Gasteiger charge is -2.07. The summed E-state index contributed by atoms with van der Waals surface area (Å²) in [5.41, 5.74) is 1.03. The van der Waals surface area contributed by atoms with Crippen LogP contribution >= 0.6 is 23.4 Å². The van der Waals surface area contributed by atoms with E-state index in [2.05, 4.69) is 22.3 Å². The van der Waals surface area contributed by atoms with E-state index in [0.717, 1.165) is 27.1 Å². The van der Waals surface area contributed by atoms with Crippen LogP contribution in [0.2, 0.25) is 5.02 Å². The molecule has 0 saturated carbocycles. The predicted molar refractivity (Wildman–Crippen MR) is 104 cm³/mol. The highest BCUT2D eigenvalue weighted by Gasteiger charge is 2.10. The van der Waals surface area contributed by atoms with Crippen LogP contribution in [-0.4, -0.2) is 10.2 Å². The molecule has 0 aliphatic heterocycles. The molecule has 0 aliphatic rings. The molecule has 130 valence electrons. The van der Waals surface area contributed by atoms with E-state index in [-0.39, 0.29) is 6.61 Å². The molecule has 1 aromatic heterocycles. The Morgan fingerprint density at radius 1 is 0.923 bits per heavy atom. The summed E-state index contributed by atoms with van der Waals surface area (Å²) in [4.78, 5) is 0. The van der Waals surface area contributed by atoms with Crippen LogP contribution in [0, 0.1) is 0 Å². The minimum atomic E-state index is 0.230. The zero-order valence-corrected chi connectivity index (χ0v) is 15.3. The number of hydrogen-bond acceptors (Lipinski definition) is 5. The fourth-order valence-electron chi connectivity index (χ4n) is 2.57. The van der Waals surface area contributed by atoms with Crippen molar-refractivity contribution in [2.75, 3.05) is 0 Å². The Morgan fingerprint density at radius 3 is 2.65 bits per heavy atom. The second kappa shape index (κ2) is 7.81. The van der Waals surface area contributed by atoms with Crippen LogP contribution in [0.25, 0.3) is 10.8 Å². The van der Waals surface area contributed by atoms with Crippen molar-refractivity contribution in [3.05, 3.63) is 83.2 Å². The van der Waals surface area contributed by atoms with Crippen LogP contribution in [0.4, 0.5) is 0 Å². The fourth-order valence-corrected chi connectivity index (χ4v) is 3.64. The van der Waals surface area contributed by atoms with E-state index in [1.807, 2.05) is 54.6 Å². The van der Waals surface area contributed by atoms with Gasteiger partial charge in [-0.25, -0.2) is 0 Å². The van der Waals surface area contributed by atoms with E-state index in [1.165, 1.54) is 11.8 Å². The largest absolute Gasteiger partial charge is 0.483 e. The molecule has 0 N–H and O–H groups in total. The number of fused-ring (bicyclic) bond motifs is 1. The Kier molecular flexibility index (Phi) is 5.09. The average Bonchev–Trinajstić information content (AvgIpc) is 3.13. The molecule has 26 heavy (non-hydrogen) atoms. The number of thioether (sulfide) groups is 1. The summed E-state index contributed by atoms with van der Waals surface area (Å²) in [5.74, 6) is 1.91. The molecule has 0 atom stereocenters. The second-order valence-corrected chi connectivity index (χ2v) is 6.94. The van der Waals surface area contributed by atoms with Gasteiger partial charge in [-0.15, -0.1) is 10.2 Å². The Morgan fingerprint density at radius 2 is 1.73 bits per heavy atom. The Bertz CT molecular complexity index is 1030. The Hall–Kier alpha value is -2.50. The highest BCUT2D eigenvalue weighted by molar-refractivity contribution is 7.98. The van der Waals surface area contributed by atoms with E-state index < -0.39 is 0 Å². The van der Waals surface area contributed by atoms with Gasteiger partial charge in [0, 0.05) is 16.2 Å². The maximum Gasteiger partial charge on any atom is 0.277 e. The molecule has 0 unspecified atom stereocenters. The van der Waals surface area contributed by atoms with Crippen molar-refractivity contribution in [1.82, 2.24) is 10.2 Å². The van der Waals surface area contributed by atoms with Crippen LogP contribution in [0.15, 0.2) is 76.4 Å². The quantitative estimate of drug-likeness (QED) is 0.397. The molecule has 6 heteroatoms. The number of aromatic nitrogens is 2. The van der Waals surface area contributed by atoms with Gasteiger partial charge in [-0.2, -0.15) is 0 Å². The van der Waals surface area contributed by atoms with Gasteiger partial charge in [0.05, 0.1) is 0 Å². The van der Waals surface area contributed by atoms with Crippen molar-refractivity contribution in [1.29, 1.82) is 0 Å². The number of benzene rings is 3. The van der Waals surface area contributed by atoms with Crippen LogP contribution < -0.4 is 4.74 Å². The maximum absolute atomic E-state index is 6.16. The van der Waals surface area contributed by atoms with Gasteiger partial charge in [-0.1, -0.05) is 78.0 Å². The van der Waals surface area contributed by atoms with E-state index in [1.54, 1.807) is 0 Å². The van der Waals surface area contributed by atoms with Crippen molar-refractivity contribution in [2.45, 2.75) is 17.6 Å². The van der Waals surface area contributed by atoms with Crippen molar-refractivity contribution in [2.24, 2.45) is 0 Å². The van der Waals surface area contributed by atoms with Gasteiger partial charge in [0.25, 0.3) is 11.1 Å². The highest BCUT2D eigenvalue weighted by Crippen LogP contribution is 2.27. The molecule has 0 spiro atoms. The number of ether oxygens (including phenoxy) is 1. The van der Waals surface area contributed by atoms with Crippen molar-refractivity contribution >= 4 is 34.1 Å². The summed E-state index contributed by atoms with van der Waals surface area (Å²) >= 11 is 7.61. The minimum absolute atomic E-state index is 0.230. The molecule has 0 fully saturated rings. The minimum Gasteiger partial charge on any atom is -0.483 e. The summed E-state index contributed by atoms with van der Waals surface area (Å²) < 4.78 is 11.5. The maximum atomic E-state index is 6.16. The summed E-state index contributed by atoms with van der Waals surface area (Å²) in [7, 11) is 0. The molecule has 4 aromatic rings. The van der Waals surface area contributed by atoms with E-state index >= 15 is 0 Å². The highest BCUT2D eigenvalue weighted by atomic mass is 35.5. The van der Waals surface area contributed by atoms with Crippen LogP contribution in [0.5, 0.6) is 5.75 Å². The number of nitrogens with zero attached hydrogens (tertiary/aromatic N) is 2. The molecular formula is C20H15ClN2O2S. The lowest BCUT2D eigenvalue weighted by molar-refractivity contribution is 0.254. The molecule has 0 amide bonds. The van der Waals surface area contributed by atoms with Crippen molar-refractivity contribution in [3.63, 3.8) is 0 Å². The summed E-state index contributed by atoms with van der Waals surface area (Å²) in [6.45, 7) is 0.230. The van der Waals surface area contributed by atoms with E-state index in [0.29, 0.717) is 16.9 Å². The van der Waals surface area contributed by atoms with Gasteiger partial charge in [0.15, 0.2) is 6.61 Å².